The van der Waals surface area contributed by atoms with Gasteiger partial charge in [-0.15, -0.1) is 0 Å². The molecule has 4 heterocycles. The number of fused-ring (bicyclic) bond motifs is 4. The zero-order chi connectivity index (χ0) is 20.0. The Morgan fingerprint density at radius 3 is 2.62 bits per heavy atom. The van der Waals surface area contributed by atoms with Crippen molar-refractivity contribution in [2.24, 2.45) is 11.8 Å². The fraction of sp³-hybridized carbons (Fsp3) is 0.522. The van der Waals surface area contributed by atoms with E-state index in [1.165, 1.54) is 0 Å². The van der Waals surface area contributed by atoms with Crippen molar-refractivity contribution in [1.29, 1.82) is 0 Å². The predicted octanol–water partition coefficient (Wildman–Crippen LogP) is 2.89. The summed E-state index contributed by atoms with van der Waals surface area (Å²) >= 11 is 0. The summed E-state index contributed by atoms with van der Waals surface area (Å²) < 4.78 is 1.94. The molecule has 0 bridgehead atoms. The quantitative estimate of drug-likeness (QED) is 0.746. The Morgan fingerprint density at radius 1 is 1.14 bits per heavy atom. The van der Waals surface area contributed by atoms with E-state index in [0.29, 0.717) is 6.42 Å². The summed E-state index contributed by atoms with van der Waals surface area (Å²) in [5.74, 6) is 1.78. The maximum atomic E-state index is 12.9. The van der Waals surface area contributed by atoms with Gasteiger partial charge in [-0.2, -0.15) is 5.10 Å². The molecule has 1 amide bonds. The average molecular weight is 392 g/mol. The highest BCUT2D eigenvalue weighted by molar-refractivity contribution is 5.92. The van der Waals surface area contributed by atoms with Crippen LogP contribution >= 0.6 is 0 Å². The normalized spacial score (nSPS) is 22.2. The SMILES string of the molecule is Cc1nc2c3ccccc3nn2c(C)c1CCC(=O)N1CC[C@@H]2CNC[C@@H]2CC1. The van der Waals surface area contributed by atoms with Gasteiger partial charge in [0, 0.05) is 36.3 Å². The van der Waals surface area contributed by atoms with Gasteiger partial charge < -0.3 is 10.2 Å². The van der Waals surface area contributed by atoms with Crippen LogP contribution in [0.4, 0.5) is 0 Å². The molecule has 1 aromatic carbocycles. The number of carbonyl (C=O) groups excluding carboxylic acids is 1. The van der Waals surface area contributed by atoms with Gasteiger partial charge in [-0.1, -0.05) is 12.1 Å². The summed E-state index contributed by atoms with van der Waals surface area (Å²) in [6.45, 7) is 8.19. The number of likely N-dealkylation sites (tertiary alicyclic amines) is 1. The fourth-order valence-electron chi connectivity index (χ4n) is 5.20. The van der Waals surface area contributed by atoms with Crippen LogP contribution in [-0.4, -0.2) is 51.6 Å². The number of hydrogen-bond donors (Lipinski definition) is 1. The summed E-state index contributed by atoms with van der Waals surface area (Å²) in [6, 6.07) is 8.11. The summed E-state index contributed by atoms with van der Waals surface area (Å²) in [6.07, 6.45) is 3.54. The zero-order valence-electron chi connectivity index (χ0n) is 17.3. The van der Waals surface area contributed by atoms with Crippen LogP contribution in [0, 0.1) is 25.7 Å². The van der Waals surface area contributed by atoms with Crippen molar-refractivity contribution in [1.82, 2.24) is 24.8 Å². The van der Waals surface area contributed by atoms with Crippen LogP contribution in [0.3, 0.4) is 0 Å². The van der Waals surface area contributed by atoms with Gasteiger partial charge in [-0.3, -0.25) is 4.79 Å². The highest BCUT2D eigenvalue weighted by Gasteiger charge is 2.31. The second-order valence-electron chi connectivity index (χ2n) is 8.65. The largest absolute Gasteiger partial charge is 0.343 e. The zero-order valence-corrected chi connectivity index (χ0v) is 17.3. The first-order chi connectivity index (χ1) is 14.1. The summed E-state index contributed by atoms with van der Waals surface area (Å²) in [5.41, 5.74) is 5.10. The monoisotopic (exact) mass is 391 g/mol. The van der Waals surface area contributed by atoms with Crippen LogP contribution < -0.4 is 5.32 Å². The van der Waals surface area contributed by atoms with Crippen LogP contribution in [-0.2, 0) is 11.2 Å². The van der Waals surface area contributed by atoms with Crippen molar-refractivity contribution in [3.8, 4) is 0 Å². The van der Waals surface area contributed by atoms with Crippen molar-refractivity contribution < 1.29 is 4.79 Å². The Morgan fingerprint density at radius 2 is 1.86 bits per heavy atom. The highest BCUT2D eigenvalue weighted by Crippen LogP contribution is 2.28. The van der Waals surface area contributed by atoms with E-state index in [9.17, 15) is 4.79 Å². The first kappa shape index (κ1) is 18.6. The molecule has 1 N–H and O–H groups in total. The van der Waals surface area contributed by atoms with Gasteiger partial charge in [0.05, 0.1) is 5.52 Å². The minimum atomic E-state index is 0.280. The number of aromatic nitrogens is 3. The lowest BCUT2D eigenvalue weighted by Crippen LogP contribution is -2.33. The number of amides is 1. The molecule has 29 heavy (non-hydrogen) atoms. The number of benzene rings is 1. The fourth-order valence-corrected chi connectivity index (χ4v) is 5.20. The van der Waals surface area contributed by atoms with E-state index in [1.54, 1.807) is 0 Å². The number of carbonyl (C=O) groups is 1. The van der Waals surface area contributed by atoms with Gasteiger partial charge in [0.1, 0.15) is 0 Å². The molecule has 0 saturated carbocycles. The van der Waals surface area contributed by atoms with Gasteiger partial charge in [0.15, 0.2) is 5.65 Å². The lowest BCUT2D eigenvalue weighted by molar-refractivity contribution is -0.131. The van der Waals surface area contributed by atoms with Crippen molar-refractivity contribution in [2.75, 3.05) is 26.2 Å². The average Bonchev–Trinajstić information content (AvgIpc) is 3.27. The van der Waals surface area contributed by atoms with E-state index in [1.807, 2.05) is 22.7 Å². The Hall–Kier alpha value is -2.47. The molecule has 2 aliphatic heterocycles. The number of nitrogens with one attached hydrogen (secondary N) is 1. The second-order valence-corrected chi connectivity index (χ2v) is 8.65. The van der Waals surface area contributed by atoms with Crippen molar-refractivity contribution >= 4 is 22.5 Å². The van der Waals surface area contributed by atoms with E-state index in [4.69, 9.17) is 10.1 Å². The van der Waals surface area contributed by atoms with Crippen molar-refractivity contribution in [3.05, 3.63) is 41.2 Å². The molecule has 2 saturated heterocycles. The summed E-state index contributed by atoms with van der Waals surface area (Å²) in [7, 11) is 0. The molecule has 0 radical (unpaired) electrons. The van der Waals surface area contributed by atoms with Gasteiger partial charge in [0.2, 0.25) is 5.91 Å². The molecule has 6 heteroatoms. The third-order valence-electron chi connectivity index (χ3n) is 6.98. The standard InChI is InChI=1S/C23H29N5O/c1-15-19(16(2)28-23(25-15)20-5-3-4-6-21(20)26-28)7-8-22(29)27-11-9-17-13-24-14-18(17)10-12-27/h3-6,17-18,24H,7-14H2,1-2H3/t17-,18+. The third-order valence-corrected chi connectivity index (χ3v) is 6.98. The molecule has 2 atom stereocenters. The Labute approximate surface area is 171 Å². The Bertz CT molecular complexity index is 1060. The first-order valence-electron chi connectivity index (χ1n) is 10.8. The number of aryl methyl sites for hydroxylation is 2. The van der Waals surface area contributed by atoms with Crippen molar-refractivity contribution in [2.45, 2.75) is 39.5 Å². The number of hydrogen-bond acceptors (Lipinski definition) is 4. The molecule has 2 aromatic heterocycles. The van der Waals surface area contributed by atoms with Crippen LogP contribution in [0.15, 0.2) is 24.3 Å². The molecule has 6 nitrogen and oxygen atoms in total. The predicted molar refractivity (Wildman–Crippen MR) is 114 cm³/mol. The minimum absolute atomic E-state index is 0.280. The Kier molecular flexibility index (Phi) is 4.74. The van der Waals surface area contributed by atoms with E-state index in [-0.39, 0.29) is 5.91 Å². The smallest absolute Gasteiger partial charge is 0.222 e. The van der Waals surface area contributed by atoms with Crippen LogP contribution in [0.2, 0.25) is 0 Å². The molecule has 152 valence electrons. The maximum Gasteiger partial charge on any atom is 0.222 e. The van der Waals surface area contributed by atoms with E-state index in [2.05, 4.69) is 30.1 Å². The van der Waals surface area contributed by atoms with E-state index in [0.717, 1.165) is 90.8 Å². The van der Waals surface area contributed by atoms with Gasteiger partial charge in [-0.05, 0) is 75.7 Å². The molecular weight excluding hydrogens is 362 g/mol. The topological polar surface area (TPSA) is 62.5 Å². The Balaban J connectivity index is 1.33. The van der Waals surface area contributed by atoms with E-state index < -0.39 is 0 Å². The van der Waals surface area contributed by atoms with Crippen LogP contribution in [0.1, 0.15) is 36.2 Å². The van der Waals surface area contributed by atoms with Crippen LogP contribution in [0.5, 0.6) is 0 Å². The molecule has 5 rings (SSSR count). The molecule has 0 aliphatic carbocycles. The summed E-state index contributed by atoms with van der Waals surface area (Å²) in [4.78, 5) is 19.9. The minimum Gasteiger partial charge on any atom is -0.343 e. The molecule has 0 spiro atoms. The van der Waals surface area contributed by atoms with E-state index >= 15 is 0 Å². The first-order valence-corrected chi connectivity index (χ1v) is 10.8. The number of rotatable bonds is 3. The van der Waals surface area contributed by atoms with Gasteiger partial charge in [0.25, 0.3) is 0 Å². The second kappa shape index (κ2) is 7.41. The molecular formula is C23H29N5O. The number of nitrogens with zero attached hydrogens (tertiary/aromatic N) is 4. The molecule has 0 unspecified atom stereocenters. The van der Waals surface area contributed by atoms with Crippen LogP contribution in [0.25, 0.3) is 16.6 Å². The molecule has 2 fully saturated rings. The maximum absolute atomic E-state index is 12.9. The highest BCUT2D eigenvalue weighted by atomic mass is 16.2. The van der Waals surface area contributed by atoms with Gasteiger partial charge >= 0.3 is 0 Å². The lowest BCUT2D eigenvalue weighted by atomic mass is 9.92. The lowest BCUT2D eigenvalue weighted by Gasteiger charge is -2.21. The summed E-state index contributed by atoms with van der Waals surface area (Å²) in [5, 5.41) is 9.31. The molecule has 3 aromatic rings. The third kappa shape index (κ3) is 3.29. The van der Waals surface area contributed by atoms with Gasteiger partial charge in [-0.25, -0.2) is 9.50 Å². The van der Waals surface area contributed by atoms with Crippen molar-refractivity contribution in [3.63, 3.8) is 0 Å². The molecule has 2 aliphatic rings.